The third kappa shape index (κ3) is 5.23. The number of aryl methyl sites for hydroxylation is 3. The number of anilines is 1. The number of hydrogen-bond acceptors (Lipinski definition) is 5. The standard InChI is InChI=1S/C28H29N3O4S/c1-6-35-24-11-8-22(9-12-24)29-26(32)16-30-27(33)25(36-28(30)34)15-21-14-19(4)31(20(21)5)23-10-7-17(2)18(3)13-23/h7-15H,6,16H2,1-5H3,(H,29,32)/b25-15+. The van der Waals surface area contributed by atoms with E-state index in [0.717, 1.165) is 39.3 Å². The summed E-state index contributed by atoms with van der Waals surface area (Å²) in [6.07, 6.45) is 1.73. The Bertz CT molecular complexity index is 1370. The lowest BCUT2D eigenvalue weighted by molar-refractivity contribution is -0.127. The molecule has 8 heteroatoms. The van der Waals surface area contributed by atoms with Gasteiger partial charge < -0.3 is 14.6 Å². The third-order valence-corrected chi connectivity index (χ3v) is 7.04. The SMILES string of the molecule is CCOc1ccc(NC(=O)CN2C(=O)S/C(=C/c3cc(C)n(-c4ccc(C)c(C)c4)c3C)C2=O)cc1. The third-order valence-electron chi connectivity index (χ3n) is 6.13. The zero-order valence-corrected chi connectivity index (χ0v) is 21.9. The molecule has 0 atom stereocenters. The van der Waals surface area contributed by atoms with Crippen molar-refractivity contribution in [3.8, 4) is 11.4 Å². The zero-order chi connectivity index (χ0) is 26.0. The van der Waals surface area contributed by atoms with E-state index < -0.39 is 17.1 Å². The Kier molecular flexibility index (Phi) is 7.35. The molecular weight excluding hydrogens is 474 g/mol. The van der Waals surface area contributed by atoms with E-state index in [4.69, 9.17) is 4.74 Å². The number of carbonyl (C=O) groups is 3. The summed E-state index contributed by atoms with van der Waals surface area (Å²) in [5.74, 6) is -0.220. The number of nitrogens with one attached hydrogen (secondary N) is 1. The fourth-order valence-electron chi connectivity index (χ4n) is 4.12. The first-order chi connectivity index (χ1) is 17.2. The van der Waals surface area contributed by atoms with E-state index in [0.29, 0.717) is 22.9 Å². The van der Waals surface area contributed by atoms with Crippen molar-refractivity contribution in [2.45, 2.75) is 34.6 Å². The van der Waals surface area contributed by atoms with Crippen molar-refractivity contribution in [3.63, 3.8) is 0 Å². The van der Waals surface area contributed by atoms with Crippen LogP contribution in [0.3, 0.4) is 0 Å². The maximum absolute atomic E-state index is 13.0. The lowest BCUT2D eigenvalue weighted by Crippen LogP contribution is -2.36. The van der Waals surface area contributed by atoms with Gasteiger partial charge in [0.15, 0.2) is 0 Å². The summed E-state index contributed by atoms with van der Waals surface area (Å²) in [5.41, 5.74) is 6.88. The number of rotatable bonds is 7. The van der Waals surface area contributed by atoms with Crippen LogP contribution in [0.4, 0.5) is 10.5 Å². The second kappa shape index (κ2) is 10.5. The van der Waals surface area contributed by atoms with Crippen LogP contribution in [0.25, 0.3) is 11.8 Å². The van der Waals surface area contributed by atoms with Gasteiger partial charge in [0.2, 0.25) is 5.91 Å². The minimum absolute atomic E-state index is 0.300. The molecule has 1 N–H and O–H groups in total. The normalized spacial score (nSPS) is 14.6. The van der Waals surface area contributed by atoms with E-state index in [9.17, 15) is 14.4 Å². The van der Waals surface area contributed by atoms with Crippen LogP contribution >= 0.6 is 11.8 Å². The van der Waals surface area contributed by atoms with Gasteiger partial charge in [-0.25, -0.2) is 0 Å². The van der Waals surface area contributed by atoms with Gasteiger partial charge in [0.05, 0.1) is 11.5 Å². The van der Waals surface area contributed by atoms with Gasteiger partial charge in [-0.05, 0) is 112 Å². The number of hydrogen-bond donors (Lipinski definition) is 1. The van der Waals surface area contributed by atoms with Crippen LogP contribution in [0, 0.1) is 27.7 Å². The summed E-state index contributed by atoms with van der Waals surface area (Å²) in [6, 6.07) is 15.2. The number of thioether (sulfide) groups is 1. The highest BCUT2D eigenvalue weighted by molar-refractivity contribution is 8.18. The molecule has 186 valence electrons. The second-order valence-electron chi connectivity index (χ2n) is 8.70. The van der Waals surface area contributed by atoms with Crippen LogP contribution < -0.4 is 10.1 Å². The molecule has 2 aromatic carbocycles. The van der Waals surface area contributed by atoms with Gasteiger partial charge >= 0.3 is 0 Å². The van der Waals surface area contributed by atoms with Crippen LogP contribution in [-0.2, 0) is 9.59 Å². The molecule has 3 amide bonds. The molecule has 2 heterocycles. The van der Waals surface area contributed by atoms with Gasteiger partial charge in [0.1, 0.15) is 12.3 Å². The van der Waals surface area contributed by atoms with Gasteiger partial charge in [0.25, 0.3) is 11.1 Å². The number of amides is 3. The molecule has 0 unspecified atom stereocenters. The van der Waals surface area contributed by atoms with E-state index in [1.54, 1.807) is 30.3 Å². The second-order valence-corrected chi connectivity index (χ2v) is 9.70. The first-order valence-electron chi connectivity index (χ1n) is 11.7. The summed E-state index contributed by atoms with van der Waals surface area (Å²) in [6.45, 7) is 10.2. The average molecular weight is 504 g/mol. The first kappa shape index (κ1) is 25.3. The smallest absolute Gasteiger partial charge is 0.294 e. The molecule has 0 bridgehead atoms. The molecule has 0 spiro atoms. The van der Waals surface area contributed by atoms with Crippen molar-refractivity contribution in [2.75, 3.05) is 18.5 Å². The number of benzene rings is 2. The molecular formula is C28H29N3O4S. The lowest BCUT2D eigenvalue weighted by Gasteiger charge is -2.13. The van der Waals surface area contributed by atoms with Crippen molar-refractivity contribution in [1.29, 1.82) is 0 Å². The Morgan fingerprint density at radius 2 is 1.72 bits per heavy atom. The number of ether oxygens (including phenoxy) is 1. The number of nitrogens with zero attached hydrogens (tertiary/aromatic N) is 2. The summed E-state index contributed by atoms with van der Waals surface area (Å²) in [5, 5.41) is 2.26. The molecule has 1 saturated heterocycles. The number of aromatic nitrogens is 1. The maximum Gasteiger partial charge on any atom is 0.294 e. The Morgan fingerprint density at radius 1 is 1.00 bits per heavy atom. The number of imide groups is 1. The van der Waals surface area contributed by atoms with Gasteiger partial charge in [-0.15, -0.1) is 0 Å². The highest BCUT2D eigenvalue weighted by Crippen LogP contribution is 2.34. The Morgan fingerprint density at radius 3 is 2.39 bits per heavy atom. The highest BCUT2D eigenvalue weighted by Gasteiger charge is 2.36. The number of carbonyl (C=O) groups excluding carboxylic acids is 3. The predicted octanol–water partition coefficient (Wildman–Crippen LogP) is 5.78. The summed E-state index contributed by atoms with van der Waals surface area (Å²) >= 11 is 0.849. The molecule has 1 aromatic heterocycles. The van der Waals surface area contributed by atoms with E-state index >= 15 is 0 Å². The molecule has 1 aliphatic heterocycles. The minimum Gasteiger partial charge on any atom is -0.494 e. The monoisotopic (exact) mass is 503 g/mol. The minimum atomic E-state index is -0.470. The van der Waals surface area contributed by atoms with Crippen LogP contribution in [-0.4, -0.2) is 39.7 Å². The average Bonchev–Trinajstić information content (AvgIpc) is 3.26. The molecule has 36 heavy (non-hydrogen) atoms. The molecule has 1 fully saturated rings. The first-order valence-corrected chi connectivity index (χ1v) is 12.5. The highest BCUT2D eigenvalue weighted by atomic mass is 32.2. The van der Waals surface area contributed by atoms with Gasteiger partial charge in [0, 0.05) is 22.8 Å². The summed E-state index contributed by atoms with van der Waals surface area (Å²) in [7, 11) is 0. The molecule has 0 radical (unpaired) electrons. The van der Waals surface area contributed by atoms with Crippen LogP contribution in [0.1, 0.15) is 35.0 Å². The molecule has 4 rings (SSSR count). The Balaban J connectivity index is 1.49. The molecule has 0 aliphatic carbocycles. The predicted molar refractivity (Wildman–Crippen MR) is 144 cm³/mol. The molecule has 1 aliphatic rings. The van der Waals surface area contributed by atoms with Gasteiger partial charge in [-0.3, -0.25) is 19.3 Å². The van der Waals surface area contributed by atoms with Crippen molar-refractivity contribution >= 4 is 40.6 Å². The van der Waals surface area contributed by atoms with Crippen LogP contribution in [0.15, 0.2) is 53.4 Å². The van der Waals surface area contributed by atoms with Crippen LogP contribution in [0.5, 0.6) is 5.75 Å². The fourth-order valence-corrected chi connectivity index (χ4v) is 4.95. The van der Waals surface area contributed by atoms with Gasteiger partial charge in [-0.1, -0.05) is 6.07 Å². The lowest BCUT2D eigenvalue weighted by atomic mass is 10.1. The quantitative estimate of drug-likeness (QED) is 0.413. The zero-order valence-electron chi connectivity index (χ0n) is 21.0. The fraction of sp³-hybridized carbons (Fsp3) is 0.250. The van der Waals surface area contributed by atoms with E-state index in [2.05, 4.69) is 41.9 Å². The maximum atomic E-state index is 13.0. The molecule has 7 nitrogen and oxygen atoms in total. The van der Waals surface area contributed by atoms with Crippen molar-refractivity contribution in [3.05, 3.63) is 81.5 Å². The van der Waals surface area contributed by atoms with E-state index in [1.165, 1.54) is 11.1 Å². The summed E-state index contributed by atoms with van der Waals surface area (Å²) in [4.78, 5) is 39.4. The van der Waals surface area contributed by atoms with E-state index in [-0.39, 0.29) is 6.54 Å². The van der Waals surface area contributed by atoms with Crippen molar-refractivity contribution < 1.29 is 19.1 Å². The summed E-state index contributed by atoms with van der Waals surface area (Å²) < 4.78 is 7.53. The van der Waals surface area contributed by atoms with Gasteiger partial charge in [-0.2, -0.15) is 0 Å². The molecule has 3 aromatic rings. The Labute approximate surface area is 215 Å². The topological polar surface area (TPSA) is 80.6 Å². The molecule has 0 saturated carbocycles. The van der Waals surface area contributed by atoms with Crippen LogP contribution in [0.2, 0.25) is 0 Å². The van der Waals surface area contributed by atoms with Crippen molar-refractivity contribution in [2.24, 2.45) is 0 Å². The van der Waals surface area contributed by atoms with E-state index in [1.807, 2.05) is 26.8 Å². The Hall–Kier alpha value is -3.78. The van der Waals surface area contributed by atoms with Crippen molar-refractivity contribution in [1.82, 2.24) is 9.47 Å². The largest absolute Gasteiger partial charge is 0.494 e.